The molecular formula is C21H33N3O3. The Kier molecular flexibility index (Phi) is 9.28. The Morgan fingerprint density at radius 1 is 1.07 bits per heavy atom. The van der Waals surface area contributed by atoms with E-state index in [0.29, 0.717) is 39.2 Å². The summed E-state index contributed by atoms with van der Waals surface area (Å²) in [5, 5.41) is 2.90. The van der Waals surface area contributed by atoms with Crippen molar-refractivity contribution in [3.63, 3.8) is 0 Å². The molecule has 0 spiro atoms. The normalized spacial score (nSPS) is 15.0. The SMILES string of the molecule is CCc1ccc(CCC(=O)N2CCN(CC(=O)NCCCOC)CC2)cc1. The topological polar surface area (TPSA) is 61.9 Å². The number of carbonyl (C=O) groups is 2. The van der Waals surface area contributed by atoms with Crippen LogP contribution in [0.5, 0.6) is 0 Å². The van der Waals surface area contributed by atoms with Gasteiger partial charge in [0.05, 0.1) is 6.54 Å². The van der Waals surface area contributed by atoms with Crippen molar-refractivity contribution in [3.8, 4) is 0 Å². The fourth-order valence-electron chi connectivity index (χ4n) is 3.21. The summed E-state index contributed by atoms with van der Waals surface area (Å²) in [4.78, 5) is 28.4. The van der Waals surface area contributed by atoms with Crippen LogP contribution in [-0.2, 0) is 27.2 Å². The zero-order valence-electron chi connectivity index (χ0n) is 16.7. The molecule has 27 heavy (non-hydrogen) atoms. The number of ether oxygens (including phenoxy) is 1. The van der Waals surface area contributed by atoms with E-state index in [0.717, 1.165) is 32.4 Å². The zero-order chi connectivity index (χ0) is 19.5. The average molecular weight is 376 g/mol. The molecule has 1 N–H and O–H groups in total. The molecule has 0 bridgehead atoms. The zero-order valence-corrected chi connectivity index (χ0v) is 16.7. The number of nitrogens with one attached hydrogen (secondary N) is 1. The monoisotopic (exact) mass is 375 g/mol. The van der Waals surface area contributed by atoms with Crippen molar-refractivity contribution < 1.29 is 14.3 Å². The predicted molar refractivity (Wildman–Crippen MR) is 107 cm³/mol. The first-order valence-electron chi connectivity index (χ1n) is 9.96. The molecule has 1 heterocycles. The Morgan fingerprint density at radius 2 is 1.74 bits per heavy atom. The number of aryl methyl sites for hydroxylation is 2. The van der Waals surface area contributed by atoms with Crippen molar-refractivity contribution in [1.29, 1.82) is 0 Å². The highest BCUT2D eigenvalue weighted by molar-refractivity contribution is 5.78. The van der Waals surface area contributed by atoms with Gasteiger partial charge in [-0.25, -0.2) is 0 Å². The van der Waals surface area contributed by atoms with Crippen LogP contribution in [0.15, 0.2) is 24.3 Å². The summed E-state index contributed by atoms with van der Waals surface area (Å²) in [6.07, 6.45) is 3.19. The molecular weight excluding hydrogens is 342 g/mol. The van der Waals surface area contributed by atoms with E-state index in [1.165, 1.54) is 11.1 Å². The van der Waals surface area contributed by atoms with Crippen molar-refractivity contribution in [3.05, 3.63) is 35.4 Å². The standard InChI is InChI=1S/C21H33N3O3/c1-3-18-5-7-19(8-6-18)9-10-21(26)24-14-12-23(13-15-24)17-20(25)22-11-4-16-27-2/h5-8H,3-4,9-17H2,1-2H3,(H,22,25). The number of amides is 2. The van der Waals surface area contributed by atoms with Gasteiger partial charge in [0.2, 0.25) is 11.8 Å². The predicted octanol–water partition coefficient (Wildman–Crippen LogP) is 1.48. The molecule has 1 aromatic rings. The molecule has 1 aliphatic rings. The molecule has 150 valence electrons. The molecule has 0 saturated carbocycles. The minimum atomic E-state index is 0.0430. The number of benzene rings is 1. The number of rotatable bonds is 10. The third kappa shape index (κ3) is 7.69. The van der Waals surface area contributed by atoms with E-state index in [4.69, 9.17) is 4.74 Å². The third-order valence-electron chi connectivity index (χ3n) is 5.00. The van der Waals surface area contributed by atoms with Crippen LogP contribution in [0.3, 0.4) is 0 Å². The second kappa shape index (κ2) is 11.7. The summed E-state index contributed by atoms with van der Waals surface area (Å²) in [5.41, 5.74) is 2.54. The van der Waals surface area contributed by atoms with Crippen molar-refractivity contribution in [2.45, 2.75) is 32.6 Å². The minimum absolute atomic E-state index is 0.0430. The van der Waals surface area contributed by atoms with Crippen LogP contribution in [0.4, 0.5) is 0 Å². The first kappa shape index (κ1) is 21.4. The Bertz CT molecular complexity index is 581. The molecule has 2 rings (SSSR count). The molecule has 0 aromatic heterocycles. The van der Waals surface area contributed by atoms with Crippen molar-refractivity contribution in [1.82, 2.24) is 15.1 Å². The molecule has 6 heteroatoms. The first-order chi connectivity index (χ1) is 13.1. The maximum Gasteiger partial charge on any atom is 0.234 e. The molecule has 0 atom stereocenters. The maximum atomic E-state index is 12.4. The molecule has 1 aliphatic heterocycles. The van der Waals surface area contributed by atoms with Crippen LogP contribution in [0.25, 0.3) is 0 Å². The highest BCUT2D eigenvalue weighted by atomic mass is 16.5. The molecule has 2 amide bonds. The van der Waals surface area contributed by atoms with Gasteiger partial charge in [-0.15, -0.1) is 0 Å². The number of hydrogen-bond donors (Lipinski definition) is 1. The fraction of sp³-hybridized carbons (Fsp3) is 0.619. The lowest BCUT2D eigenvalue weighted by atomic mass is 10.1. The number of carbonyl (C=O) groups excluding carboxylic acids is 2. The van der Waals surface area contributed by atoms with Gasteiger partial charge in [-0.2, -0.15) is 0 Å². The number of hydrogen-bond acceptors (Lipinski definition) is 4. The minimum Gasteiger partial charge on any atom is -0.385 e. The van der Waals surface area contributed by atoms with Gasteiger partial charge in [0.25, 0.3) is 0 Å². The number of piperazine rings is 1. The highest BCUT2D eigenvalue weighted by Crippen LogP contribution is 2.10. The molecule has 1 aromatic carbocycles. The van der Waals surface area contributed by atoms with Crippen molar-refractivity contribution in [2.75, 3.05) is 53.0 Å². The Balaban J connectivity index is 1.64. The van der Waals surface area contributed by atoms with Gasteiger partial charge in [0.1, 0.15) is 0 Å². The number of methoxy groups -OCH3 is 1. The molecule has 0 unspecified atom stereocenters. The van der Waals surface area contributed by atoms with Gasteiger partial charge in [-0.05, 0) is 30.4 Å². The summed E-state index contributed by atoms with van der Waals surface area (Å²) >= 11 is 0. The fourth-order valence-corrected chi connectivity index (χ4v) is 3.21. The van der Waals surface area contributed by atoms with Crippen molar-refractivity contribution >= 4 is 11.8 Å². The molecule has 6 nitrogen and oxygen atoms in total. The number of nitrogens with zero attached hydrogens (tertiary/aromatic N) is 2. The molecule has 0 aliphatic carbocycles. The second-order valence-electron chi connectivity index (χ2n) is 7.02. The van der Waals surface area contributed by atoms with E-state index >= 15 is 0 Å². The van der Waals surface area contributed by atoms with E-state index in [2.05, 4.69) is 41.4 Å². The highest BCUT2D eigenvalue weighted by Gasteiger charge is 2.22. The third-order valence-corrected chi connectivity index (χ3v) is 5.00. The van der Waals surface area contributed by atoms with Gasteiger partial charge in [0.15, 0.2) is 0 Å². The quantitative estimate of drug-likeness (QED) is 0.629. The van der Waals surface area contributed by atoms with Crippen LogP contribution in [0, 0.1) is 0 Å². The van der Waals surface area contributed by atoms with E-state index in [9.17, 15) is 9.59 Å². The van der Waals surface area contributed by atoms with E-state index in [1.54, 1.807) is 7.11 Å². The van der Waals surface area contributed by atoms with Crippen LogP contribution in [0.2, 0.25) is 0 Å². The summed E-state index contributed by atoms with van der Waals surface area (Å²) in [6, 6.07) is 8.52. The lowest BCUT2D eigenvalue weighted by molar-refractivity contribution is -0.133. The average Bonchev–Trinajstić information content (AvgIpc) is 2.70. The lowest BCUT2D eigenvalue weighted by Crippen LogP contribution is -2.51. The Morgan fingerprint density at radius 3 is 2.37 bits per heavy atom. The van der Waals surface area contributed by atoms with E-state index in [-0.39, 0.29) is 11.8 Å². The summed E-state index contributed by atoms with van der Waals surface area (Å²) in [7, 11) is 1.66. The largest absolute Gasteiger partial charge is 0.385 e. The molecule has 1 fully saturated rings. The van der Waals surface area contributed by atoms with Gasteiger partial charge in [-0.3, -0.25) is 14.5 Å². The van der Waals surface area contributed by atoms with Crippen LogP contribution in [0.1, 0.15) is 30.9 Å². The molecule has 1 saturated heterocycles. The van der Waals surface area contributed by atoms with Crippen LogP contribution >= 0.6 is 0 Å². The van der Waals surface area contributed by atoms with Gasteiger partial charge in [-0.1, -0.05) is 31.2 Å². The van der Waals surface area contributed by atoms with Crippen LogP contribution < -0.4 is 5.32 Å². The summed E-state index contributed by atoms with van der Waals surface area (Å²) < 4.78 is 4.97. The van der Waals surface area contributed by atoms with Crippen molar-refractivity contribution in [2.24, 2.45) is 0 Å². The first-order valence-corrected chi connectivity index (χ1v) is 9.96. The van der Waals surface area contributed by atoms with Crippen LogP contribution in [-0.4, -0.2) is 74.6 Å². The Hall–Kier alpha value is -1.92. The van der Waals surface area contributed by atoms with E-state index < -0.39 is 0 Å². The smallest absolute Gasteiger partial charge is 0.234 e. The van der Waals surface area contributed by atoms with E-state index in [1.807, 2.05) is 4.90 Å². The van der Waals surface area contributed by atoms with Gasteiger partial charge >= 0.3 is 0 Å². The lowest BCUT2D eigenvalue weighted by Gasteiger charge is -2.34. The van der Waals surface area contributed by atoms with Gasteiger partial charge < -0.3 is 15.0 Å². The maximum absolute atomic E-state index is 12.4. The summed E-state index contributed by atoms with van der Waals surface area (Å²) in [6.45, 7) is 6.75. The second-order valence-corrected chi connectivity index (χ2v) is 7.02. The van der Waals surface area contributed by atoms with Gasteiger partial charge in [0, 0.05) is 52.9 Å². The molecule has 0 radical (unpaired) electrons. The summed E-state index contributed by atoms with van der Waals surface area (Å²) in [5.74, 6) is 0.250. The Labute approximate surface area is 162 Å².